The van der Waals surface area contributed by atoms with Gasteiger partial charge in [0.15, 0.2) is 5.82 Å². The molecule has 1 heterocycles. The Morgan fingerprint density at radius 3 is 2.55 bits per heavy atom. The smallest absolute Gasteiger partial charge is 0.151 e. The van der Waals surface area contributed by atoms with Gasteiger partial charge in [-0.25, -0.2) is 9.37 Å². The lowest BCUT2D eigenvalue weighted by Gasteiger charge is -2.13. The fourth-order valence-electron chi connectivity index (χ4n) is 1.75. The Hall–Kier alpha value is -1.52. The molecule has 2 rings (SSSR count). The zero-order valence-electron chi connectivity index (χ0n) is 11.1. The van der Waals surface area contributed by atoms with Gasteiger partial charge in [-0.3, -0.25) is 0 Å². The van der Waals surface area contributed by atoms with Gasteiger partial charge in [-0.05, 0) is 31.5 Å². The summed E-state index contributed by atoms with van der Waals surface area (Å²) in [4.78, 5) is 4.29. The predicted octanol–water partition coefficient (Wildman–Crippen LogP) is 5.01. The van der Waals surface area contributed by atoms with Gasteiger partial charge in [0, 0.05) is 6.54 Å². The lowest BCUT2D eigenvalue weighted by atomic mass is 10.2. The second-order valence-electron chi connectivity index (χ2n) is 4.24. The Bertz CT molecular complexity index is 612. The number of benzene rings is 1. The van der Waals surface area contributed by atoms with E-state index < -0.39 is 0 Å². The number of para-hydroxylation sites is 1. The maximum absolute atomic E-state index is 13.8. The summed E-state index contributed by atoms with van der Waals surface area (Å²) in [6.07, 6.45) is 0. The Balaban J connectivity index is 2.40. The molecule has 0 aliphatic carbocycles. The van der Waals surface area contributed by atoms with Crippen molar-refractivity contribution in [2.45, 2.75) is 13.8 Å². The summed E-state index contributed by atoms with van der Waals surface area (Å²) in [7, 11) is 0. The average molecular weight is 314 g/mol. The molecular formula is C14H14Cl2FN3. The monoisotopic (exact) mass is 313 g/mol. The van der Waals surface area contributed by atoms with Gasteiger partial charge < -0.3 is 10.6 Å². The van der Waals surface area contributed by atoms with Crippen LogP contribution in [0.25, 0.3) is 0 Å². The molecule has 2 aromatic rings. The summed E-state index contributed by atoms with van der Waals surface area (Å²) in [5.74, 6) is 0.512. The molecule has 106 valence electrons. The Morgan fingerprint density at radius 1 is 1.20 bits per heavy atom. The van der Waals surface area contributed by atoms with Crippen molar-refractivity contribution in [1.82, 2.24) is 4.98 Å². The third kappa shape index (κ3) is 3.14. The first kappa shape index (κ1) is 14.9. The van der Waals surface area contributed by atoms with E-state index in [-0.39, 0.29) is 5.82 Å². The highest BCUT2D eigenvalue weighted by Crippen LogP contribution is 2.32. The lowest BCUT2D eigenvalue weighted by Crippen LogP contribution is -2.04. The number of anilines is 3. The van der Waals surface area contributed by atoms with Crippen molar-refractivity contribution in [2.75, 3.05) is 17.2 Å². The third-order valence-electron chi connectivity index (χ3n) is 2.74. The topological polar surface area (TPSA) is 37.0 Å². The van der Waals surface area contributed by atoms with E-state index in [1.54, 1.807) is 25.1 Å². The van der Waals surface area contributed by atoms with E-state index >= 15 is 0 Å². The molecule has 1 aromatic carbocycles. The normalized spacial score (nSPS) is 10.4. The van der Waals surface area contributed by atoms with E-state index in [1.165, 1.54) is 6.07 Å². The van der Waals surface area contributed by atoms with Gasteiger partial charge in [0.1, 0.15) is 11.6 Å². The summed E-state index contributed by atoms with van der Waals surface area (Å²) < 4.78 is 13.8. The molecule has 0 aliphatic heterocycles. The number of aryl methyl sites for hydroxylation is 1. The van der Waals surface area contributed by atoms with Crippen molar-refractivity contribution in [2.24, 2.45) is 0 Å². The van der Waals surface area contributed by atoms with Crippen LogP contribution in [-0.4, -0.2) is 11.5 Å². The van der Waals surface area contributed by atoms with Gasteiger partial charge in [0.05, 0.1) is 15.7 Å². The molecule has 20 heavy (non-hydrogen) atoms. The van der Waals surface area contributed by atoms with Crippen LogP contribution in [0, 0.1) is 12.7 Å². The Morgan fingerprint density at radius 2 is 1.90 bits per heavy atom. The third-order valence-corrected chi connectivity index (χ3v) is 3.32. The predicted molar refractivity (Wildman–Crippen MR) is 82.8 cm³/mol. The van der Waals surface area contributed by atoms with E-state index in [9.17, 15) is 4.39 Å². The minimum atomic E-state index is -0.359. The maximum atomic E-state index is 13.8. The fourth-order valence-corrected chi connectivity index (χ4v) is 2.23. The van der Waals surface area contributed by atoms with Crippen molar-refractivity contribution < 1.29 is 4.39 Å². The van der Waals surface area contributed by atoms with E-state index in [0.717, 1.165) is 5.56 Å². The number of rotatable bonds is 4. The van der Waals surface area contributed by atoms with Crippen molar-refractivity contribution >= 4 is 40.5 Å². The maximum Gasteiger partial charge on any atom is 0.151 e. The van der Waals surface area contributed by atoms with Crippen molar-refractivity contribution in [3.8, 4) is 0 Å². The number of nitrogens with zero attached hydrogens (tertiary/aromatic N) is 1. The molecule has 0 amide bonds. The van der Waals surface area contributed by atoms with Gasteiger partial charge in [-0.1, -0.05) is 35.3 Å². The van der Waals surface area contributed by atoms with Gasteiger partial charge in [-0.2, -0.15) is 0 Å². The van der Waals surface area contributed by atoms with Crippen molar-refractivity contribution in [3.63, 3.8) is 0 Å². The summed E-state index contributed by atoms with van der Waals surface area (Å²) in [5.41, 5.74) is 1.12. The highest BCUT2D eigenvalue weighted by atomic mass is 35.5. The van der Waals surface area contributed by atoms with Crippen LogP contribution in [0.1, 0.15) is 12.5 Å². The number of pyridine rings is 1. The molecule has 0 radical (unpaired) electrons. The molecule has 2 N–H and O–H groups in total. The molecule has 0 spiro atoms. The lowest BCUT2D eigenvalue weighted by molar-refractivity contribution is 0.631. The van der Waals surface area contributed by atoms with E-state index in [0.29, 0.717) is 33.9 Å². The summed E-state index contributed by atoms with van der Waals surface area (Å²) in [6.45, 7) is 4.41. The minimum absolute atomic E-state index is 0.333. The van der Waals surface area contributed by atoms with Crippen molar-refractivity contribution in [1.29, 1.82) is 0 Å². The van der Waals surface area contributed by atoms with Crippen LogP contribution in [-0.2, 0) is 0 Å². The summed E-state index contributed by atoms with van der Waals surface area (Å²) in [6, 6.07) is 6.41. The Labute approximate surface area is 127 Å². The first-order chi connectivity index (χ1) is 9.52. The van der Waals surface area contributed by atoms with E-state index in [2.05, 4.69) is 15.6 Å². The van der Waals surface area contributed by atoms with Gasteiger partial charge in [-0.15, -0.1) is 0 Å². The van der Waals surface area contributed by atoms with Crippen LogP contribution in [0.4, 0.5) is 21.7 Å². The largest absolute Gasteiger partial charge is 0.369 e. The van der Waals surface area contributed by atoms with Crippen LogP contribution >= 0.6 is 23.2 Å². The number of hydrogen-bond acceptors (Lipinski definition) is 3. The van der Waals surface area contributed by atoms with Crippen LogP contribution in [0.3, 0.4) is 0 Å². The summed E-state index contributed by atoms with van der Waals surface area (Å²) >= 11 is 12.1. The standard InChI is InChI=1S/C14H14Cl2FN3/c1-3-18-13-9(15)7-10(16)14(20-13)19-12-8(2)5-4-6-11(12)17/h4-7H,3H2,1-2H3,(H2,18,19,20). The first-order valence-electron chi connectivity index (χ1n) is 6.15. The molecule has 0 saturated carbocycles. The molecule has 0 aliphatic rings. The van der Waals surface area contributed by atoms with Gasteiger partial charge in [0.25, 0.3) is 0 Å². The highest BCUT2D eigenvalue weighted by Gasteiger charge is 2.12. The van der Waals surface area contributed by atoms with Gasteiger partial charge >= 0.3 is 0 Å². The second-order valence-corrected chi connectivity index (χ2v) is 5.05. The first-order valence-corrected chi connectivity index (χ1v) is 6.90. The molecule has 1 aromatic heterocycles. The minimum Gasteiger partial charge on any atom is -0.369 e. The number of hydrogen-bond donors (Lipinski definition) is 2. The molecule has 0 saturated heterocycles. The van der Waals surface area contributed by atoms with Crippen LogP contribution < -0.4 is 10.6 Å². The SMILES string of the molecule is CCNc1nc(Nc2c(C)cccc2F)c(Cl)cc1Cl. The molecular weight excluding hydrogens is 300 g/mol. The van der Waals surface area contributed by atoms with Crippen LogP contribution in [0.2, 0.25) is 10.0 Å². The second kappa shape index (κ2) is 6.29. The van der Waals surface area contributed by atoms with Crippen LogP contribution in [0.5, 0.6) is 0 Å². The van der Waals surface area contributed by atoms with E-state index in [4.69, 9.17) is 23.2 Å². The summed E-state index contributed by atoms with van der Waals surface area (Å²) in [5, 5.41) is 6.70. The zero-order chi connectivity index (χ0) is 14.7. The molecule has 0 fully saturated rings. The van der Waals surface area contributed by atoms with Crippen molar-refractivity contribution in [3.05, 3.63) is 45.7 Å². The molecule has 0 atom stereocenters. The molecule has 6 heteroatoms. The van der Waals surface area contributed by atoms with E-state index in [1.807, 2.05) is 6.92 Å². The molecule has 0 unspecified atom stereocenters. The van der Waals surface area contributed by atoms with Gasteiger partial charge in [0.2, 0.25) is 0 Å². The fraction of sp³-hybridized carbons (Fsp3) is 0.214. The quantitative estimate of drug-likeness (QED) is 0.833. The molecule has 3 nitrogen and oxygen atoms in total. The number of nitrogens with one attached hydrogen (secondary N) is 2. The van der Waals surface area contributed by atoms with Crippen LogP contribution in [0.15, 0.2) is 24.3 Å². The average Bonchev–Trinajstić information content (AvgIpc) is 2.39. The number of aromatic nitrogens is 1. The zero-order valence-corrected chi connectivity index (χ0v) is 12.6. The molecule has 0 bridgehead atoms. The highest BCUT2D eigenvalue weighted by molar-refractivity contribution is 6.37. The number of halogens is 3. The Kier molecular flexibility index (Phi) is 4.68.